The summed E-state index contributed by atoms with van der Waals surface area (Å²) < 4.78 is 36.6. The zero-order chi connectivity index (χ0) is 13.3. The van der Waals surface area contributed by atoms with Gasteiger partial charge in [-0.3, -0.25) is 0 Å². The number of nitrogens with two attached hydrogens (primary N) is 1. The Morgan fingerprint density at radius 2 is 1.94 bits per heavy atom. The predicted molar refractivity (Wildman–Crippen MR) is 65.3 cm³/mol. The van der Waals surface area contributed by atoms with Crippen molar-refractivity contribution in [3.8, 4) is 0 Å². The second-order valence-electron chi connectivity index (χ2n) is 4.47. The van der Waals surface area contributed by atoms with E-state index in [-0.39, 0.29) is 6.42 Å². The smallest absolute Gasteiger partial charge is 0.358 e. The molecular weight excluding hydrogens is 241 g/mol. The monoisotopic (exact) mass is 256 g/mol. The van der Waals surface area contributed by atoms with E-state index in [9.17, 15) is 13.2 Å². The van der Waals surface area contributed by atoms with Crippen LogP contribution in [0.3, 0.4) is 0 Å². The summed E-state index contributed by atoms with van der Waals surface area (Å²) >= 11 is 0. The largest absolute Gasteiger partial charge is 0.389 e. The lowest BCUT2D eigenvalue weighted by Gasteiger charge is -2.14. The molecule has 18 heavy (non-hydrogen) atoms. The van der Waals surface area contributed by atoms with Gasteiger partial charge in [0.15, 0.2) is 0 Å². The van der Waals surface area contributed by atoms with E-state index in [1.165, 1.54) is 0 Å². The summed E-state index contributed by atoms with van der Waals surface area (Å²) in [7, 11) is 0. The number of halogens is 3. The highest BCUT2D eigenvalue weighted by Gasteiger charge is 2.28. The van der Waals surface area contributed by atoms with Crippen molar-refractivity contribution in [2.45, 2.75) is 32.0 Å². The van der Waals surface area contributed by atoms with Crippen LogP contribution in [0.25, 0.3) is 10.9 Å². The van der Waals surface area contributed by atoms with Gasteiger partial charge in [-0.15, -0.1) is 0 Å². The van der Waals surface area contributed by atoms with Gasteiger partial charge in [0.2, 0.25) is 0 Å². The van der Waals surface area contributed by atoms with Crippen LogP contribution < -0.4 is 5.73 Å². The molecular formula is C13H15F3N2. The lowest BCUT2D eigenvalue weighted by atomic mass is 9.99. The maximum absolute atomic E-state index is 12.2. The molecule has 0 fully saturated rings. The van der Waals surface area contributed by atoms with Gasteiger partial charge in [-0.2, -0.15) is 13.2 Å². The molecule has 0 saturated heterocycles. The lowest BCUT2D eigenvalue weighted by molar-refractivity contribution is -0.136. The van der Waals surface area contributed by atoms with E-state index in [4.69, 9.17) is 5.73 Å². The second-order valence-corrected chi connectivity index (χ2v) is 4.47. The Balaban J connectivity index is 2.27. The van der Waals surface area contributed by atoms with Crippen molar-refractivity contribution in [1.82, 2.24) is 4.98 Å². The molecule has 0 amide bonds. The third kappa shape index (κ3) is 2.67. The molecule has 0 spiro atoms. The van der Waals surface area contributed by atoms with Crippen LogP contribution in [0.4, 0.5) is 13.2 Å². The summed E-state index contributed by atoms with van der Waals surface area (Å²) in [6.07, 6.45) is -5.10. The maximum atomic E-state index is 12.2. The van der Waals surface area contributed by atoms with Crippen LogP contribution in [0.15, 0.2) is 24.3 Å². The zero-order valence-corrected chi connectivity index (χ0v) is 10.0. The van der Waals surface area contributed by atoms with E-state index in [1.54, 1.807) is 0 Å². The van der Waals surface area contributed by atoms with E-state index in [0.29, 0.717) is 0 Å². The number of aromatic nitrogens is 1. The molecule has 1 atom stereocenters. The molecule has 0 aliphatic heterocycles. The third-order valence-corrected chi connectivity index (χ3v) is 3.05. The Morgan fingerprint density at radius 3 is 2.61 bits per heavy atom. The summed E-state index contributed by atoms with van der Waals surface area (Å²) in [4.78, 5) is 3.14. The molecule has 0 saturated carbocycles. The average Bonchev–Trinajstić information content (AvgIpc) is 2.61. The molecule has 0 unspecified atom stereocenters. The summed E-state index contributed by atoms with van der Waals surface area (Å²) in [5, 5.41) is 0.907. The topological polar surface area (TPSA) is 41.8 Å². The van der Waals surface area contributed by atoms with E-state index in [1.807, 2.05) is 31.2 Å². The van der Waals surface area contributed by atoms with E-state index in [0.717, 1.165) is 22.2 Å². The van der Waals surface area contributed by atoms with Gasteiger partial charge < -0.3 is 10.7 Å². The number of H-pyrrole nitrogens is 1. The molecule has 0 aliphatic carbocycles. The highest BCUT2D eigenvalue weighted by Crippen LogP contribution is 2.31. The molecule has 2 aromatic rings. The standard InChI is InChI=1S/C13H15F3N2/c1-8-12(10(17)6-7-13(14,15)16)9-4-2-3-5-11(9)18-8/h2-5,10,18H,6-7,17H2,1H3/t10-/m1/s1. The fraction of sp³-hybridized carbons (Fsp3) is 0.385. The van der Waals surface area contributed by atoms with Gasteiger partial charge in [-0.25, -0.2) is 0 Å². The SMILES string of the molecule is Cc1[nH]c2ccccc2c1[C@H](N)CCC(F)(F)F. The van der Waals surface area contributed by atoms with Gasteiger partial charge in [-0.05, 0) is 25.0 Å². The third-order valence-electron chi connectivity index (χ3n) is 3.05. The predicted octanol–water partition coefficient (Wildman–Crippen LogP) is 3.82. The summed E-state index contributed by atoms with van der Waals surface area (Å²) in [6, 6.07) is 6.91. The van der Waals surface area contributed by atoms with Crippen LogP contribution in [0.5, 0.6) is 0 Å². The van der Waals surface area contributed by atoms with Crippen LogP contribution in [0, 0.1) is 6.92 Å². The van der Waals surface area contributed by atoms with Crippen molar-refractivity contribution < 1.29 is 13.2 Å². The van der Waals surface area contributed by atoms with Crippen molar-refractivity contribution in [2.24, 2.45) is 5.73 Å². The Morgan fingerprint density at radius 1 is 1.28 bits per heavy atom. The molecule has 0 bridgehead atoms. The molecule has 2 rings (SSSR count). The average molecular weight is 256 g/mol. The van der Waals surface area contributed by atoms with Gasteiger partial charge >= 0.3 is 6.18 Å². The number of hydrogen-bond donors (Lipinski definition) is 2. The van der Waals surface area contributed by atoms with Gasteiger partial charge in [0.25, 0.3) is 0 Å². The van der Waals surface area contributed by atoms with Crippen molar-refractivity contribution in [2.75, 3.05) is 0 Å². The lowest BCUT2D eigenvalue weighted by Crippen LogP contribution is -2.16. The summed E-state index contributed by atoms with van der Waals surface area (Å²) in [5.74, 6) is 0. The van der Waals surface area contributed by atoms with Gasteiger partial charge in [0.1, 0.15) is 0 Å². The Bertz CT molecular complexity index is 543. The minimum Gasteiger partial charge on any atom is -0.358 e. The molecule has 2 nitrogen and oxygen atoms in total. The summed E-state index contributed by atoms with van der Waals surface area (Å²) in [6.45, 7) is 1.84. The molecule has 1 heterocycles. The number of nitrogens with one attached hydrogen (secondary N) is 1. The summed E-state index contributed by atoms with van der Waals surface area (Å²) in [5.41, 5.74) is 8.43. The molecule has 0 radical (unpaired) electrons. The van der Waals surface area contributed by atoms with E-state index >= 15 is 0 Å². The molecule has 1 aromatic heterocycles. The number of rotatable bonds is 3. The van der Waals surface area contributed by atoms with E-state index in [2.05, 4.69) is 4.98 Å². The molecule has 3 N–H and O–H groups in total. The first-order valence-corrected chi connectivity index (χ1v) is 5.78. The van der Waals surface area contributed by atoms with Gasteiger partial charge in [0, 0.05) is 29.1 Å². The van der Waals surface area contributed by atoms with Crippen LogP contribution in [-0.2, 0) is 0 Å². The second kappa shape index (κ2) is 4.65. The van der Waals surface area contributed by atoms with Crippen molar-refractivity contribution in [3.63, 3.8) is 0 Å². The Kier molecular flexibility index (Phi) is 3.34. The number of hydrogen-bond acceptors (Lipinski definition) is 1. The normalized spacial score (nSPS) is 14.1. The first kappa shape index (κ1) is 13.0. The van der Waals surface area contributed by atoms with Gasteiger partial charge in [-0.1, -0.05) is 18.2 Å². The fourth-order valence-corrected chi connectivity index (χ4v) is 2.24. The van der Waals surface area contributed by atoms with Crippen LogP contribution >= 0.6 is 0 Å². The number of aromatic amines is 1. The zero-order valence-electron chi connectivity index (χ0n) is 10.0. The number of aryl methyl sites for hydroxylation is 1. The Labute approximate surface area is 103 Å². The van der Waals surface area contributed by atoms with Crippen molar-refractivity contribution in [3.05, 3.63) is 35.5 Å². The highest BCUT2D eigenvalue weighted by atomic mass is 19.4. The minimum absolute atomic E-state index is 0.0911. The quantitative estimate of drug-likeness (QED) is 0.861. The van der Waals surface area contributed by atoms with Crippen LogP contribution in [-0.4, -0.2) is 11.2 Å². The fourth-order valence-electron chi connectivity index (χ4n) is 2.24. The van der Waals surface area contributed by atoms with Gasteiger partial charge in [0.05, 0.1) is 0 Å². The Hall–Kier alpha value is -1.49. The molecule has 1 aromatic carbocycles. The molecule has 0 aliphatic rings. The van der Waals surface area contributed by atoms with Crippen molar-refractivity contribution in [1.29, 1.82) is 0 Å². The highest BCUT2D eigenvalue weighted by molar-refractivity contribution is 5.85. The van der Waals surface area contributed by atoms with Crippen LogP contribution in [0.2, 0.25) is 0 Å². The first-order valence-electron chi connectivity index (χ1n) is 5.78. The molecule has 5 heteroatoms. The number of alkyl halides is 3. The van der Waals surface area contributed by atoms with Crippen LogP contribution in [0.1, 0.15) is 30.1 Å². The number of fused-ring (bicyclic) bond motifs is 1. The molecule has 98 valence electrons. The number of benzene rings is 1. The maximum Gasteiger partial charge on any atom is 0.389 e. The van der Waals surface area contributed by atoms with Crippen molar-refractivity contribution >= 4 is 10.9 Å². The van der Waals surface area contributed by atoms with E-state index < -0.39 is 18.6 Å². The number of para-hydroxylation sites is 1. The first-order chi connectivity index (χ1) is 8.38. The minimum atomic E-state index is -4.16.